The lowest BCUT2D eigenvalue weighted by Crippen LogP contribution is -2.61. The van der Waals surface area contributed by atoms with Gasteiger partial charge < -0.3 is 18.9 Å². The zero-order valence-electron chi connectivity index (χ0n) is 54.6. The van der Waals surface area contributed by atoms with Crippen LogP contribution in [-0.2, 0) is 0 Å². The first-order chi connectivity index (χ1) is 50.1. The van der Waals surface area contributed by atoms with Gasteiger partial charge in [0.15, 0.2) is 23.3 Å². The van der Waals surface area contributed by atoms with Crippen LogP contribution in [0.4, 0.5) is 34.1 Å². The van der Waals surface area contributed by atoms with Crippen LogP contribution in [0.3, 0.4) is 0 Å². The van der Waals surface area contributed by atoms with Gasteiger partial charge in [0.05, 0.1) is 39.1 Å². The second-order valence-corrected chi connectivity index (χ2v) is 25.9. The highest BCUT2D eigenvalue weighted by Crippen LogP contribution is 2.48. The van der Waals surface area contributed by atoms with Crippen molar-refractivity contribution >= 4 is 101 Å². The fraction of sp³-hybridized carbons (Fsp3) is 0. The first kappa shape index (κ1) is 57.7. The van der Waals surface area contributed by atoms with Gasteiger partial charge in [-0.2, -0.15) is 0 Å². The highest BCUT2D eigenvalue weighted by atomic mass is 15.2. The SMILES string of the molecule is c1ccc(-c2cc(-c3ccc(-c4cc5c6c(c4)N(c4ccccc4)c4ccccc4B6c4ccccc4N5c4ccccc4)cc3)nc(-c3cc(-c4nc(-c5ccccc5)nc(-c5ccccc5)n4)ccc3-n3c4ccccc4c4cc5c6ccccc6n(-c6ccccc6)c5cc43)n2)cc1. The van der Waals surface area contributed by atoms with E-state index in [1.807, 2.05) is 60.7 Å². The average molecular weight is 1290 g/mol. The van der Waals surface area contributed by atoms with E-state index < -0.39 is 0 Å². The highest BCUT2D eigenvalue weighted by Gasteiger charge is 2.43. The van der Waals surface area contributed by atoms with Gasteiger partial charge in [0, 0.05) is 94.7 Å². The molecule has 0 unspecified atom stereocenters. The van der Waals surface area contributed by atoms with Crippen LogP contribution in [0.1, 0.15) is 0 Å². The third kappa shape index (κ3) is 9.59. The second kappa shape index (κ2) is 23.6. The zero-order chi connectivity index (χ0) is 66.5. The van der Waals surface area contributed by atoms with E-state index in [4.69, 9.17) is 24.9 Å². The van der Waals surface area contributed by atoms with Crippen LogP contribution >= 0.6 is 0 Å². The van der Waals surface area contributed by atoms with Crippen molar-refractivity contribution in [2.45, 2.75) is 0 Å². The Kier molecular flexibility index (Phi) is 13.5. The van der Waals surface area contributed by atoms with Crippen LogP contribution in [0.15, 0.2) is 352 Å². The van der Waals surface area contributed by atoms with Crippen LogP contribution in [-0.4, -0.2) is 40.8 Å². The summed E-state index contributed by atoms with van der Waals surface area (Å²) in [4.78, 5) is 32.1. The molecule has 4 aromatic heterocycles. The summed E-state index contributed by atoms with van der Waals surface area (Å²) in [5.41, 5.74) is 26.0. The first-order valence-corrected chi connectivity index (χ1v) is 34.3. The Morgan fingerprint density at radius 2 is 0.624 bits per heavy atom. The van der Waals surface area contributed by atoms with Crippen molar-refractivity contribution in [3.05, 3.63) is 352 Å². The van der Waals surface area contributed by atoms with Crippen molar-refractivity contribution < 1.29 is 0 Å². The Balaban J connectivity index is 0.806. The number of nitrogens with zero attached hydrogens (tertiary/aromatic N) is 9. The molecule has 14 aromatic carbocycles. The molecule has 2 aliphatic heterocycles. The smallest absolute Gasteiger partial charge is 0.252 e. The van der Waals surface area contributed by atoms with Gasteiger partial charge in [-0.1, -0.05) is 243 Å². The van der Waals surface area contributed by atoms with Crippen molar-refractivity contribution in [3.63, 3.8) is 0 Å². The normalized spacial score (nSPS) is 12.3. The Bertz CT molecular complexity index is 6090. The molecule has 20 rings (SSSR count). The lowest BCUT2D eigenvalue weighted by atomic mass is 9.33. The Labute approximate surface area is 583 Å². The third-order valence-corrected chi connectivity index (χ3v) is 20.1. The molecule has 6 heterocycles. The van der Waals surface area contributed by atoms with Gasteiger partial charge in [0.25, 0.3) is 6.71 Å². The molecule has 2 aliphatic rings. The van der Waals surface area contributed by atoms with Crippen molar-refractivity contribution in [1.82, 2.24) is 34.1 Å². The van der Waals surface area contributed by atoms with Gasteiger partial charge >= 0.3 is 0 Å². The topological polar surface area (TPSA) is 80.8 Å². The standard InChI is InChI=1S/C91H58BN9/c1-7-27-60(28-8-1)76-57-77(61-49-47-59(48-50-61)65-54-85-87-86(55-65)100(68-37-17-6-18-38-68)82-46-26-22-42-75(82)92(87)74-41-21-25-45-81(74)99(85)67-35-15-5-16-36-67)94-91(93-76)73-53-64(90-96-88(62-29-9-2-10-30-62)95-89(97-90)63-31-11-3-12-32-63)51-52-80(73)101-79-44-24-20-40-70(79)72-56-71-69-39-19-23-43-78(69)98(83(71)58-84(72)101)66-33-13-4-14-34-66/h1-58H. The molecular formula is C91H58BN9. The minimum atomic E-state index is 0.00464. The maximum atomic E-state index is 5.77. The molecule has 9 nitrogen and oxygen atoms in total. The van der Waals surface area contributed by atoms with Crippen LogP contribution < -0.4 is 26.2 Å². The lowest BCUT2D eigenvalue weighted by molar-refractivity contribution is 1.07. The van der Waals surface area contributed by atoms with Crippen molar-refractivity contribution in [3.8, 4) is 90.6 Å². The predicted octanol–water partition coefficient (Wildman–Crippen LogP) is 20.6. The molecule has 0 spiro atoms. The molecule has 0 aliphatic carbocycles. The van der Waals surface area contributed by atoms with Gasteiger partial charge in [-0.05, 0) is 137 Å². The predicted molar refractivity (Wildman–Crippen MR) is 416 cm³/mol. The first-order valence-electron chi connectivity index (χ1n) is 34.3. The highest BCUT2D eigenvalue weighted by molar-refractivity contribution is 7.00. The van der Waals surface area contributed by atoms with Gasteiger partial charge in [-0.15, -0.1) is 0 Å². The average Bonchev–Trinajstić information content (AvgIpc) is 1.70. The number of benzene rings is 14. The molecule has 0 saturated carbocycles. The Morgan fingerprint density at radius 3 is 1.16 bits per heavy atom. The van der Waals surface area contributed by atoms with Crippen molar-refractivity contribution in [2.75, 3.05) is 9.80 Å². The van der Waals surface area contributed by atoms with Crippen LogP contribution in [0.25, 0.3) is 134 Å². The quantitative estimate of drug-likeness (QED) is 0.119. The van der Waals surface area contributed by atoms with Gasteiger partial charge in [0.1, 0.15) is 0 Å². The van der Waals surface area contributed by atoms with E-state index in [9.17, 15) is 0 Å². The van der Waals surface area contributed by atoms with Crippen molar-refractivity contribution in [2.24, 2.45) is 0 Å². The van der Waals surface area contributed by atoms with E-state index in [0.29, 0.717) is 23.3 Å². The number of aromatic nitrogens is 7. The van der Waals surface area contributed by atoms with Crippen LogP contribution in [0, 0.1) is 0 Å². The van der Waals surface area contributed by atoms with E-state index >= 15 is 0 Å². The molecule has 18 aromatic rings. The second-order valence-electron chi connectivity index (χ2n) is 25.9. The third-order valence-electron chi connectivity index (χ3n) is 20.1. The van der Waals surface area contributed by atoms with E-state index in [-0.39, 0.29) is 6.71 Å². The lowest BCUT2D eigenvalue weighted by Gasteiger charge is -2.44. The molecular weight excluding hydrogens is 1230 g/mol. The summed E-state index contributed by atoms with van der Waals surface area (Å²) in [6, 6.07) is 126. The molecule has 0 atom stereocenters. The molecule has 0 fully saturated rings. The van der Waals surface area contributed by atoms with E-state index in [1.54, 1.807) is 0 Å². The molecule has 0 radical (unpaired) electrons. The Hall–Kier alpha value is -13.6. The molecule has 0 saturated heterocycles. The van der Waals surface area contributed by atoms with Gasteiger partial charge in [-0.25, -0.2) is 24.9 Å². The maximum absolute atomic E-state index is 5.77. The van der Waals surface area contributed by atoms with E-state index in [1.165, 1.54) is 38.5 Å². The van der Waals surface area contributed by atoms with Crippen molar-refractivity contribution in [1.29, 1.82) is 0 Å². The largest absolute Gasteiger partial charge is 0.311 e. The monoisotopic (exact) mass is 1290 g/mol. The fourth-order valence-electron chi connectivity index (χ4n) is 15.6. The number of hydrogen-bond donors (Lipinski definition) is 0. The number of rotatable bonds is 11. The van der Waals surface area contributed by atoms with Crippen LogP contribution in [0.5, 0.6) is 0 Å². The summed E-state index contributed by atoms with van der Waals surface area (Å²) in [5.74, 6) is 2.21. The molecule has 0 bridgehead atoms. The summed E-state index contributed by atoms with van der Waals surface area (Å²) in [6.45, 7) is 0.00464. The van der Waals surface area contributed by atoms with Gasteiger partial charge in [-0.3, -0.25) is 0 Å². The molecule has 10 heteroatoms. The minimum absolute atomic E-state index is 0.00464. The summed E-state index contributed by atoms with van der Waals surface area (Å²) < 4.78 is 4.80. The Morgan fingerprint density at radius 1 is 0.218 bits per heavy atom. The number of hydrogen-bond acceptors (Lipinski definition) is 7. The summed E-state index contributed by atoms with van der Waals surface area (Å²) in [7, 11) is 0. The number of anilines is 6. The maximum Gasteiger partial charge on any atom is 0.252 e. The number of fused-ring (bicyclic) bond motifs is 10. The van der Waals surface area contributed by atoms with Crippen LogP contribution in [0.2, 0.25) is 0 Å². The molecule has 0 amide bonds. The zero-order valence-corrected chi connectivity index (χ0v) is 54.6. The fourth-order valence-corrected chi connectivity index (χ4v) is 15.6. The minimum Gasteiger partial charge on any atom is -0.311 e. The molecule has 101 heavy (non-hydrogen) atoms. The summed E-state index contributed by atoms with van der Waals surface area (Å²) in [6.07, 6.45) is 0. The molecule has 470 valence electrons. The summed E-state index contributed by atoms with van der Waals surface area (Å²) in [5, 5.41) is 4.63. The number of para-hydroxylation sites is 7. The van der Waals surface area contributed by atoms with Gasteiger partial charge in [0.2, 0.25) is 0 Å². The van der Waals surface area contributed by atoms with E-state index in [0.717, 1.165) is 123 Å². The molecule has 0 N–H and O–H groups in total. The summed E-state index contributed by atoms with van der Waals surface area (Å²) >= 11 is 0. The van der Waals surface area contributed by atoms with E-state index in [2.05, 4.69) is 310 Å².